The zero-order chi connectivity index (χ0) is 15.9. The van der Waals surface area contributed by atoms with E-state index in [0.717, 1.165) is 6.42 Å². The van der Waals surface area contributed by atoms with Crippen LogP contribution >= 0.6 is 0 Å². The van der Waals surface area contributed by atoms with Crippen LogP contribution in [-0.4, -0.2) is 22.6 Å². The van der Waals surface area contributed by atoms with E-state index in [-0.39, 0.29) is 30.3 Å². The fourth-order valence-corrected chi connectivity index (χ4v) is 1.87. The van der Waals surface area contributed by atoms with Crippen molar-refractivity contribution in [3.05, 3.63) is 58.0 Å². The Kier molecular flexibility index (Phi) is 5.32. The normalized spacial score (nSPS) is 10.3. The van der Waals surface area contributed by atoms with Crippen LogP contribution < -0.4 is 15.5 Å². The number of aryl methyl sites for hydroxylation is 1. The highest BCUT2D eigenvalue weighted by atomic mass is 16.5. The SMILES string of the molecule is CCc1ccc(NC(=O)COc2c[nH]c(CO)cc2=O)cc1. The number of nitrogens with one attached hydrogen (secondary N) is 2. The van der Waals surface area contributed by atoms with Crippen LogP contribution in [0.5, 0.6) is 5.75 Å². The van der Waals surface area contributed by atoms with Crippen molar-refractivity contribution in [2.75, 3.05) is 11.9 Å². The van der Waals surface area contributed by atoms with Crippen molar-refractivity contribution in [1.82, 2.24) is 4.98 Å². The van der Waals surface area contributed by atoms with Crippen molar-refractivity contribution in [3.63, 3.8) is 0 Å². The first-order chi connectivity index (χ1) is 10.6. The summed E-state index contributed by atoms with van der Waals surface area (Å²) in [5.74, 6) is -0.316. The maximum atomic E-state index is 11.8. The van der Waals surface area contributed by atoms with Gasteiger partial charge in [-0.2, -0.15) is 0 Å². The van der Waals surface area contributed by atoms with Crippen LogP contribution in [-0.2, 0) is 17.8 Å². The number of pyridine rings is 1. The van der Waals surface area contributed by atoms with E-state index in [1.54, 1.807) is 0 Å². The number of benzene rings is 1. The highest BCUT2D eigenvalue weighted by molar-refractivity contribution is 5.91. The summed E-state index contributed by atoms with van der Waals surface area (Å²) in [5.41, 5.74) is 1.86. The molecule has 116 valence electrons. The Hall–Kier alpha value is -2.60. The Balaban J connectivity index is 1.90. The average molecular weight is 302 g/mol. The number of ether oxygens (including phenoxy) is 1. The lowest BCUT2D eigenvalue weighted by atomic mass is 10.1. The summed E-state index contributed by atoms with van der Waals surface area (Å²) in [6.45, 7) is 1.53. The molecule has 0 spiro atoms. The number of anilines is 1. The minimum atomic E-state index is -0.386. The van der Waals surface area contributed by atoms with Crippen molar-refractivity contribution >= 4 is 11.6 Å². The van der Waals surface area contributed by atoms with Gasteiger partial charge in [0.05, 0.1) is 6.61 Å². The van der Waals surface area contributed by atoms with E-state index in [1.807, 2.05) is 24.3 Å². The molecule has 6 heteroatoms. The van der Waals surface area contributed by atoms with Crippen LogP contribution in [0.2, 0.25) is 0 Å². The Bertz CT molecular complexity index is 692. The van der Waals surface area contributed by atoms with Crippen molar-refractivity contribution in [1.29, 1.82) is 0 Å². The molecule has 1 amide bonds. The molecular formula is C16H18N2O4. The van der Waals surface area contributed by atoms with Gasteiger partial charge in [0.15, 0.2) is 12.4 Å². The second kappa shape index (κ2) is 7.42. The van der Waals surface area contributed by atoms with E-state index >= 15 is 0 Å². The number of carbonyl (C=O) groups is 1. The van der Waals surface area contributed by atoms with Gasteiger partial charge in [-0.25, -0.2) is 0 Å². The first-order valence-corrected chi connectivity index (χ1v) is 6.96. The lowest BCUT2D eigenvalue weighted by molar-refractivity contribution is -0.118. The molecule has 0 aliphatic heterocycles. The van der Waals surface area contributed by atoms with Crippen LogP contribution in [0.3, 0.4) is 0 Å². The average Bonchev–Trinajstić information content (AvgIpc) is 2.54. The van der Waals surface area contributed by atoms with Gasteiger partial charge in [0.1, 0.15) is 0 Å². The maximum Gasteiger partial charge on any atom is 0.262 e. The fraction of sp³-hybridized carbons (Fsp3) is 0.250. The summed E-state index contributed by atoms with van der Waals surface area (Å²) in [6.07, 6.45) is 2.27. The van der Waals surface area contributed by atoms with E-state index in [0.29, 0.717) is 11.4 Å². The monoisotopic (exact) mass is 302 g/mol. The molecule has 0 saturated carbocycles. The topological polar surface area (TPSA) is 91.4 Å². The maximum absolute atomic E-state index is 11.8. The summed E-state index contributed by atoms with van der Waals surface area (Å²) in [5, 5.41) is 11.6. The molecule has 1 aromatic carbocycles. The minimum Gasteiger partial charge on any atom is -0.478 e. The van der Waals surface area contributed by atoms with E-state index in [9.17, 15) is 9.59 Å². The first-order valence-electron chi connectivity index (χ1n) is 6.96. The van der Waals surface area contributed by atoms with Crippen LogP contribution in [0.15, 0.2) is 41.3 Å². The van der Waals surface area contributed by atoms with Gasteiger partial charge in [-0.3, -0.25) is 9.59 Å². The van der Waals surface area contributed by atoms with Crippen molar-refractivity contribution < 1.29 is 14.6 Å². The van der Waals surface area contributed by atoms with Gasteiger partial charge in [-0.05, 0) is 24.1 Å². The van der Waals surface area contributed by atoms with Gasteiger partial charge >= 0.3 is 0 Å². The van der Waals surface area contributed by atoms with Gasteiger partial charge in [-0.1, -0.05) is 19.1 Å². The number of aliphatic hydroxyl groups is 1. The number of hydrogen-bond acceptors (Lipinski definition) is 4. The summed E-state index contributed by atoms with van der Waals surface area (Å²) in [7, 11) is 0. The fourth-order valence-electron chi connectivity index (χ4n) is 1.87. The van der Waals surface area contributed by atoms with Gasteiger partial charge in [0, 0.05) is 23.6 Å². The third kappa shape index (κ3) is 4.20. The Morgan fingerprint density at radius 1 is 1.32 bits per heavy atom. The molecule has 0 atom stereocenters. The number of hydrogen-bond donors (Lipinski definition) is 3. The number of aliphatic hydroxyl groups excluding tert-OH is 1. The van der Waals surface area contributed by atoms with E-state index < -0.39 is 0 Å². The second-order valence-electron chi connectivity index (χ2n) is 4.73. The predicted octanol–water partition coefficient (Wildman–Crippen LogP) is 1.45. The third-order valence-electron chi connectivity index (χ3n) is 3.11. The molecule has 22 heavy (non-hydrogen) atoms. The number of rotatable bonds is 6. The summed E-state index contributed by atoms with van der Waals surface area (Å²) >= 11 is 0. The number of aromatic nitrogens is 1. The van der Waals surface area contributed by atoms with Gasteiger partial charge < -0.3 is 20.1 Å². The summed E-state index contributed by atoms with van der Waals surface area (Å²) in [6, 6.07) is 8.75. The van der Waals surface area contributed by atoms with Crippen LogP contribution in [0, 0.1) is 0 Å². The first kappa shape index (κ1) is 15.8. The zero-order valence-electron chi connectivity index (χ0n) is 12.3. The molecule has 3 N–H and O–H groups in total. The third-order valence-corrected chi connectivity index (χ3v) is 3.11. The summed E-state index contributed by atoms with van der Waals surface area (Å²) < 4.78 is 5.18. The van der Waals surface area contributed by atoms with Crippen molar-refractivity contribution in [3.8, 4) is 5.75 Å². The van der Waals surface area contributed by atoms with Crippen LogP contribution in [0.1, 0.15) is 18.2 Å². The number of H-pyrrole nitrogens is 1. The molecule has 6 nitrogen and oxygen atoms in total. The molecule has 0 aliphatic rings. The van der Waals surface area contributed by atoms with Crippen molar-refractivity contribution in [2.45, 2.75) is 20.0 Å². The second-order valence-corrected chi connectivity index (χ2v) is 4.73. The Morgan fingerprint density at radius 2 is 2.05 bits per heavy atom. The largest absolute Gasteiger partial charge is 0.478 e. The van der Waals surface area contributed by atoms with Crippen LogP contribution in [0.25, 0.3) is 0 Å². The summed E-state index contributed by atoms with van der Waals surface area (Å²) in [4.78, 5) is 26.1. The smallest absolute Gasteiger partial charge is 0.262 e. The lowest BCUT2D eigenvalue weighted by Crippen LogP contribution is -2.22. The van der Waals surface area contributed by atoms with Gasteiger partial charge in [0.2, 0.25) is 5.43 Å². The van der Waals surface area contributed by atoms with E-state index in [4.69, 9.17) is 9.84 Å². The molecular weight excluding hydrogens is 284 g/mol. The lowest BCUT2D eigenvalue weighted by Gasteiger charge is -2.08. The highest BCUT2D eigenvalue weighted by Gasteiger charge is 2.07. The number of aromatic amines is 1. The molecule has 0 saturated heterocycles. The molecule has 0 bridgehead atoms. The molecule has 1 heterocycles. The standard InChI is InChI=1S/C16H18N2O4/c1-2-11-3-5-12(6-4-11)18-16(21)10-22-15-8-17-13(9-19)7-14(15)20/h3-8,19H,2,9-10H2,1H3,(H,17,20)(H,18,21). The molecule has 2 aromatic rings. The van der Waals surface area contributed by atoms with E-state index in [2.05, 4.69) is 17.2 Å². The van der Waals surface area contributed by atoms with Gasteiger partial charge in [-0.15, -0.1) is 0 Å². The molecule has 1 aromatic heterocycles. The Morgan fingerprint density at radius 3 is 2.64 bits per heavy atom. The molecule has 0 radical (unpaired) electrons. The van der Waals surface area contributed by atoms with Crippen LogP contribution in [0.4, 0.5) is 5.69 Å². The predicted molar refractivity (Wildman–Crippen MR) is 82.9 cm³/mol. The molecule has 0 unspecified atom stereocenters. The number of carbonyl (C=O) groups excluding carboxylic acids is 1. The molecule has 0 aliphatic carbocycles. The molecule has 2 rings (SSSR count). The quantitative estimate of drug-likeness (QED) is 0.753. The number of amides is 1. The van der Waals surface area contributed by atoms with Crippen molar-refractivity contribution in [2.24, 2.45) is 0 Å². The van der Waals surface area contributed by atoms with E-state index in [1.165, 1.54) is 17.8 Å². The molecule has 0 fully saturated rings. The van der Waals surface area contributed by atoms with Gasteiger partial charge in [0.25, 0.3) is 5.91 Å². The highest BCUT2D eigenvalue weighted by Crippen LogP contribution is 2.10. The minimum absolute atomic E-state index is 0.0358. The Labute approximate surface area is 127 Å². The zero-order valence-corrected chi connectivity index (χ0v) is 12.3.